The number of carbonyl (C=O) groups excluding carboxylic acids is 3. The molecule has 1 aromatic heterocycles. The number of nitrogens with zero attached hydrogens (tertiary/aromatic N) is 2. The number of fused-ring (bicyclic) bond motifs is 1. The summed E-state index contributed by atoms with van der Waals surface area (Å²) in [5, 5.41) is 17.3. The molecule has 3 rings (SSSR count). The monoisotopic (exact) mass is 597 g/mol. The summed E-state index contributed by atoms with van der Waals surface area (Å²) in [6, 6.07) is 17.2. The number of amides is 3. The van der Waals surface area contributed by atoms with E-state index in [1.54, 1.807) is 30.3 Å². The minimum atomic E-state index is -3.65. The SMILES string of the molecule is CC(C)CCN(C[C@@H](O)[C@H](Cc1ccccc1)NC(=O)[C@H](CC(N)=O)NC(=O)c1ccc2ccccc2n1)S(C)(=O)=O. The molecular formula is C30H39N5O6S. The minimum Gasteiger partial charge on any atom is -0.390 e. The lowest BCUT2D eigenvalue weighted by Crippen LogP contribution is -2.56. The number of aliphatic hydroxyl groups is 1. The molecule has 2 aromatic carbocycles. The van der Waals surface area contributed by atoms with Crippen LogP contribution in [0, 0.1) is 5.92 Å². The van der Waals surface area contributed by atoms with Gasteiger partial charge in [-0.15, -0.1) is 0 Å². The van der Waals surface area contributed by atoms with Gasteiger partial charge < -0.3 is 21.5 Å². The molecule has 0 bridgehead atoms. The lowest BCUT2D eigenvalue weighted by molar-refractivity contribution is -0.128. The van der Waals surface area contributed by atoms with Gasteiger partial charge in [-0.3, -0.25) is 14.4 Å². The first-order chi connectivity index (χ1) is 19.8. The smallest absolute Gasteiger partial charge is 0.270 e. The van der Waals surface area contributed by atoms with Crippen LogP contribution < -0.4 is 16.4 Å². The average molecular weight is 598 g/mol. The van der Waals surface area contributed by atoms with Crippen LogP contribution in [0.1, 0.15) is 42.7 Å². The lowest BCUT2D eigenvalue weighted by atomic mass is 10.00. The molecule has 0 fully saturated rings. The highest BCUT2D eigenvalue weighted by atomic mass is 32.2. The number of aliphatic hydroxyl groups excluding tert-OH is 1. The highest BCUT2D eigenvalue weighted by molar-refractivity contribution is 7.88. The summed E-state index contributed by atoms with van der Waals surface area (Å²) in [4.78, 5) is 42.7. The molecule has 0 unspecified atom stereocenters. The van der Waals surface area contributed by atoms with Crippen LogP contribution in [0.25, 0.3) is 10.9 Å². The molecule has 12 heteroatoms. The van der Waals surface area contributed by atoms with Gasteiger partial charge in [0.15, 0.2) is 0 Å². The predicted molar refractivity (Wildman–Crippen MR) is 161 cm³/mol. The summed E-state index contributed by atoms with van der Waals surface area (Å²) >= 11 is 0. The van der Waals surface area contributed by atoms with E-state index in [4.69, 9.17) is 5.73 Å². The fourth-order valence-corrected chi connectivity index (χ4v) is 5.26. The number of benzene rings is 2. The van der Waals surface area contributed by atoms with E-state index >= 15 is 0 Å². The number of nitrogens with two attached hydrogens (primary N) is 1. The van der Waals surface area contributed by atoms with Gasteiger partial charge in [0.05, 0.1) is 30.3 Å². The quantitative estimate of drug-likeness (QED) is 0.206. The van der Waals surface area contributed by atoms with Gasteiger partial charge >= 0.3 is 0 Å². The zero-order valence-corrected chi connectivity index (χ0v) is 24.9. The van der Waals surface area contributed by atoms with Crippen molar-refractivity contribution in [1.82, 2.24) is 19.9 Å². The van der Waals surface area contributed by atoms with E-state index in [9.17, 15) is 27.9 Å². The molecule has 0 spiro atoms. The Morgan fingerprint density at radius 2 is 1.64 bits per heavy atom. The van der Waals surface area contributed by atoms with Crippen LogP contribution in [0.2, 0.25) is 0 Å². The second kappa shape index (κ2) is 14.9. The van der Waals surface area contributed by atoms with Crippen molar-refractivity contribution in [1.29, 1.82) is 0 Å². The van der Waals surface area contributed by atoms with Crippen molar-refractivity contribution in [3.05, 3.63) is 78.0 Å². The van der Waals surface area contributed by atoms with Crippen LogP contribution in [0.3, 0.4) is 0 Å². The highest BCUT2D eigenvalue weighted by Crippen LogP contribution is 2.14. The van der Waals surface area contributed by atoms with E-state index in [-0.39, 0.29) is 31.1 Å². The van der Waals surface area contributed by atoms with E-state index in [0.717, 1.165) is 17.2 Å². The van der Waals surface area contributed by atoms with E-state index in [1.807, 2.05) is 44.2 Å². The van der Waals surface area contributed by atoms with Gasteiger partial charge in [-0.2, -0.15) is 4.31 Å². The van der Waals surface area contributed by atoms with Crippen molar-refractivity contribution >= 4 is 38.6 Å². The van der Waals surface area contributed by atoms with Crippen molar-refractivity contribution in [3.63, 3.8) is 0 Å². The molecule has 0 radical (unpaired) electrons. The second-order valence-electron chi connectivity index (χ2n) is 10.8. The van der Waals surface area contributed by atoms with E-state index in [1.165, 1.54) is 10.4 Å². The van der Waals surface area contributed by atoms with Crippen molar-refractivity contribution in [3.8, 4) is 0 Å². The molecular weight excluding hydrogens is 558 g/mol. The molecule has 0 aliphatic heterocycles. The third kappa shape index (κ3) is 9.89. The first-order valence-electron chi connectivity index (χ1n) is 13.8. The number of rotatable bonds is 15. The fourth-order valence-electron chi connectivity index (χ4n) is 4.40. The molecule has 226 valence electrons. The Kier molecular flexibility index (Phi) is 11.5. The van der Waals surface area contributed by atoms with Gasteiger partial charge in [-0.1, -0.05) is 68.4 Å². The lowest BCUT2D eigenvalue weighted by Gasteiger charge is -2.30. The van der Waals surface area contributed by atoms with Gasteiger partial charge in [-0.25, -0.2) is 13.4 Å². The number of nitrogens with one attached hydrogen (secondary N) is 2. The predicted octanol–water partition coefficient (Wildman–Crippen LogP) is 1.60. The van der Waals surface area contributed by atoms with Crippen LogP contribution in [-0.2, 0) is 26.0 Å². The van der Waals surface area contributed by atoms with E-state index in [0.29, 0.717) is 11.9 Å². The van der Waals surface area contributed by atoms with E-state index < -0.39 is 52.4 Å². The number of hydrogen-bond acceptors (Lipinski definition) is 7. The summed E-state index contributed by atoms with van der Waals surface area (Å²) in [5.74, 6) is -2.02. The summed E-state index contributed by atoms with van der Waals surface area (Å²) in [7, 11) is -3.65. The summed E-state index contributed by atoms with van der Waals surface area (Å²) < 4.78 is 26.1. The topological polar surface area (TPSA) is 172 Å². The fraction of sp³-hybridized carbons (Fsp3) is 0.400. The van der Waals surface area contributed by atoms with Gasteiger partial charge in [-0.05, 0) is 36.5 Å². The molecule has 0 aliphatic rings. The third-order valence-corrected chi connectivity index (χ3v) is 8.03. The summed E-state index contributed by atoms with van der Waals surface area (Å²) in [6.45, 7) is 3.89. The molecule has 0 saturated carbocycles. The molecule has 42 heavy (non-hydrogen) atoms. The Morgan fingerprint density at radius 3 is 2.29 bits per heavy atom. The first-order valence-corrected chi connectivity index (χ1v) is 15.6. The van der Waals surface area contributed by atoms with Crippen LogP contribution in [0.4, 0.5) is 0 Å². The number of pyridine rings is 1. The first kappa shape index (κ1) is 32.6. The Hall–Kier alpha value is -3.87. The second-order valence-corrected chi connectivity index (χ2v) is 12.7. The van der Waals surface area contributed by atoms with Gasteiger partial charge in [0, 0.05) is 18.5 Å². The van der Waals surface area contributed by atoms with Crippen LogP contribution in [0.5, 0.6) is 0 Å². The van der Waals surface area contributed by atoms with Gasteiger partial charge in [0.2, 0.25) is 21.8 Å². The molecule has 1 heterocycles. The van der Waals surface area contributed by atoms with Crippen LogP contribution in [-0.4, -0.2) is 78.1 Å². The van der Waals surface area contributed by atoms with E-state index in [2.05, 4.69) is 15.6 Å². The maximum absolute atomic E-state index is 13.5. The van der Waals surface area contributed by atoms with Crippen molar-refractivity contribution < 1.29 is 27.9 Å². The minimum absolute atomic E-state index is 0.0470. The number of sulfonamides is 1. The zero-order chi connectivity index (χ0) is 30.9. The average Bonchev–Trinajstić information content (AvgIpc) is 2.93. The molecule has 3 atom stereocenters. The molecule has 5 N–H and O–H groups in total. The maximum atomic E-state index is 13.5. The molecule has 0 saturated heterocycles. The Labute approximate surface area is 246 Å². The number of primary amides is 1. The van der Waals surface area contributed by atoms with Gasteiger partial charge in [0.1, 0.15) is 11.7 Å². The third-order valence-electron chi connectivity index (χ3n) is 6.76. The van der Waals surface area contributed by atoms with Gasteiger partial charge in [0.25, 0.3) is 5.91 Å². The highest BCUT2D eigenvalue weighted by Gasteiger charge is 2.31. The van der Waals surface area contributed by atoms with Crippen molar-refractivity contribution in [2.75, 3.05) is 19.3 Å². The Balaban J connectivity index is 1.83. The van der Waals surface area contributed by atoms with Crippen LogP contribution in [0.15, 0.2) is 66.7 Å². The summed E-state index contributed by atoms with van der Waals surface area (Å²) in [6.07, 6.45) is 0.0280. The standard InChI is InChI=1S/C30H39N5O6S/c1-20(2)15-16-35(42(3,40)41)19-27(36)25(17-21-9-5-4-6-10-21)33-30(39)26(18-28(31)37)34-29(38)24-14-13-22-11-7-8-12-23(22)32-24/h4-14,20,25-27,36H,15-19H2,1-3H3,(H2,31,37)(H,33,39)(H,34,38)/t25-,26-,27+/m0/s1. The number of hydrogen-bond donors (Lipinski definition) is 4. The molecule has 11 nitrogen and oxygen atoms in total. The Morgan fingerprint density at radius 1 is 0.976 bits per heavy atom. The number of aromatic nitrogens is 1. The summed E-state index contributed by atoms with van der Waals surface area (Å²) in [5.41, 5.74) is 6.81. The normalized spacial score (nSPS) is 14.0. The van der Waals surface area contributed by atoms with Crippen molar-refractivity contribution in [2.45, 2.75) is 51.3 Å². The molecule has 3 aromatic rings. The number of carbonyl (C=O) groups is 3. The number of para-hydroxylation sites is 1. The Bertz CT molecular complexity index is 1480. The van der Waals surface area contributed by atoms with Crippen molar-refractivity contribution in [2.24, 2.45) is 11.7 Å². The maximum Gasteiger partial charge on any atom is 0.270 e. The molecule has 0 aliphatic carbocycles. The molecule has 3 amide bonds. The van der Waals surface area contributed by atoms with Crippen LogP contribution >= 0.6 is 0 Å². The largest absolute Gasteiger partial charge is 0.390 e. The zero-order valence-electron chi connectivity index (χ0n) is 24.1.